The van der Waals surface area contributed by atoms with Gasteiger partial charge in [0.2, 0.25) is 0 Å². The minimum atomic E-state index is -3.99. The van der Waals surface area contributed by atoms with Gasteiger partial charge in [-0.2, -0.15) is 8.42 Å². The van der Waals surface area contributed by atoms with Crippen molar-refractivity contribution < 1.29 is 22.5 Å². The summed E-state index contributed by atoms with van der Waals surface area (Å²) in [4.78, 5) is 11.0. The predicted octanol–water partition coefficient (Wildman–Crippen LogP) is 3.73. The van der Waals surface area contributed by atoms with E-state index in [2.05, 4.69) is 6.92 Å². The Labute approximate surface area is 129 Å². The number of hydrogen-bond acceptors (Lipinski definition) is 4. The van der Waals surface area contributed by atoms with Gasteiger partial charge in [0.1, 0.15) is 6.10 Å². The summed E-state index contributed by atoms with van der Waals surface area (Å²) in [5.41, 5.74) is 0. The van der Waals surface area contributed by atoms with Gasteiger partial charge >= 0.3 is 5.97 Å². The van der Waals surface area contributed by atoms with Crippen molar-refractivity contribution in [2.45, 2.75) is 84.2 Å². The highest BCUT2D eigenvalue weighted by Gasteiger charge is 2.15. The fourth-order valence-electron chi connectivity index (χ4n) is 2.28. The second-order valence-electron chi connectivity index (χ2n) is 5.57. The number of unbranched alkanes of at least 4 members (excludes halogenated alkanes) is 7. The maximum absolute atomic E-state index is 11.0. The Balaban J connectivity index is 3.78. The standard InChI is InChI=1S/C15H30O5S/c1-3-4-5-6-7-8-9-10-11-15(20-14(2)16)12-13-21(17,18)19/h15H,3-13H2,1-2H3,(H,17,18,19). The van der Waals surface area contributed by atoms with Crippen LogP contribution in [0.3, 0.4) is 0 Å². The molecule has 1 atom stereocenters. The Hall–Kier alpha value is -0.620. The van der Waals surface area contributed by atoms with Crippen LogP contribution in [0.4, 0.5) is 0 Å². The first-order valence-electron chi connectivity index (χ1n) is 7.97. The molecule has 0 aliphatic heterocycles. The SMILES string of the molecule is CCCCCCCCCCC(CCS(=O)(=O)O)OC(C)=O. The van der Waals surface area contributed by atoms with E-state index in [-0.39, 0.29) is 12.2 Å². The van der Waals surface area contributed by atoms with E-state index in [9.17, 15) is 13.2 Å². The number of carbonyl (C=O) groups excluding carboxylic acids is 1. The molecule has 0 spiro atoms. The highest BCUT2D eigenvalue weighted by molar-refractivity contribution is 7.85. The first-order chi connectivity index (χ1) is 9.85. The smallest absolute Gasteiger partial charge is 0.302 e. The molecule has 126 valence electrons. The van der Waals surface area contributed by atoms with Crippen LogP contribution in [0.1, 0.15) is 78.1 Å². The molecular formula is C15H30O5S. The van der Waals surface area contributed by atoms with E-state index >= 15 is 0 Å². The molecule has 0 saturated heterocycles. The van der Waals surface area contributed by atoms with Crippen LogP contribution in [0.15, 0.2) is 0 Å². The molecule has 21 heavy (non-hydrogen) atoms. The molecule has 0 amide bonds. The largest absolute Gasteiger partial charge is 0.463 e. The summed E-state index contributed by atoms with van der Waals surface area (Å²) >= 11 is 0. The molecule has 5 nitrogen and oxygen atoms in total. The van der Waals surface area contributed by atoms with Crippen molar-refractivity contribution in [2.75, 3.05) is 5.75 Å². The van der Waals surface area contributed by atoms with Gasteiger partial charge in [0, 0.05) is 13.3 Å². The Morgan fingerprint density at radius 3 is 2.00 bits per heavy atom. The van der Waals surface area contributed by atoms with Crippen LogP contribution in [0.5, 0.6) is 0 Å². The van der Waals surface area contributed by atoms with Crippen molar-refractivity contribution in [3.05, 3.63) is 0 Å². The summed E-state index contributed by atoms with van der Waals surface area (Å²) in [6, 6.07) is 0. The van der Waals surface area contributed by atoms with Crippen molar-refractivity contribution in [3.8, 4) is 0 Å². The number of hydrogen-bond donors (Lipinski definition) is 1. The van der Waals surface area contributed by atoms with Crippen LogP contribution in [0.25, 0.3) is 0 Å². The second-order valence-corrected chi connectivity index (χ2v) is 7.14. The quantitative estimate of drug-likeness (QED) is 0.317. The maximum atomic E-state index is 11.0. The Bertz CT molecular complexity index is 364. The van der Waals surface area contributed by atoms with Crippen LogP contribution >= 0.6 is 0 Å². The predicted molar refractivity (Wildman–Crippen MR) is 83.8 cm³/mol. The molecule has 0 aromatic carbocycles. The minimum absolute atomic E-state index is 0.162. The number of ether oxygens (including phenoxy) is 1. The highest BCUT2D eigenvalue weighted by Crippen LogP contribution is 2.14. The van der Waals surface area contributed by atoms with E-state index < -0.39 is 22.2 Å². The zero-order valence-corrected chi connectivity index (χ0v) is 14.2. The number of rotatable bonds is 13. The minimum Gasteiger partial charge on any atom is -0.463 e. The summed E-state index contributed by atoms with van der Waals surface area (Å²) < 4.78 is 35.3. The van der Waals surface area contributed by atoms with Crippen LogP contribution in [-0.4, -0.2) is 30.8 Å². The van der Waals surface area contributed by atoms with Gasteiger partial charge in [-0.1, -0.05) is 51.9 Å². The van der Waals surface area contributed by atoms with Gasteiger partial charge in [0.25, 0.3) is 10.1 Å². The fourth-order valence-corrected chi connectivity index (χ4v) is 2.84. The van der Waals surface area contributed by atoms with Crippen molar-refractivity contribution in [1.82, 2.24) is 0 Å². The maximum Gasteiger partial charge on any atom is 0.302 e. The molecule has 0 aromatic rings. The normalized spacial score (nSPS) is 13.1. The lowest BCUT2D eigenvalue weighted by Crippen LogP contribution is -2.20. The zero-order chi connectivity index (χ0) is 16.1. The van der Waals surface area contributed by atoms with Crippen LogP contribution in [0.2, 0.25) is 0 Å². The number of carbonyl (C=O) groups is 1. The lowest BCUT2D eigenvalue weighted by Gasteiger charge is -2.16. The van der Waals surface area contributed by atoms with Crippen molar-refractivity contribution in [1.29, 1.82) is 0 Å². The molecule has 0 bridgehead atoms. The Morgan fingerprint density at radius 1 is 1.00 bits per heavy atom. The van der Waals surface area contributed by atoms with E-state index in [1.165, 1.54) is 39.0 Å². The van der Waals surface area contributed by atoms with E-state index in [0.29, 0.717) is 6.42 Å². The molecular weight excluding hydrogens is 292 g/mol. The van der Waals surface area contributed by atoms with Gasteiger partial charge in [-0.25, -0.2) is 0 Å². The third kappa shape index (κ3) is 15.6. The van der Waals surface area contributed by atoms with Gasteiger partial charge in [-0.05, 0) is 12.8 Å². The van der Waals surface area contributed by atoms with Gasteiger partial charge in [-0.15, -0.1) is 0 Å². The van der Waals surface area contributed by atoms with E-state index in [4.69, 9.17) is 9.29 Å². The van der Waals surface area contributed by atoms with Crippen molar-refractivity contribution >= 4 is 16.1 Å². The van der Waals surface area contributed by atoms with Gasteiger partial charge < -0.3 is 4.74 Å². The third-order valence-corrected chi connectivity index (χ3v) is 4.16. The molecule has 0 fully saturated rings. The number of esters is 1. The lowest BCUT2D eigenvalue weighted by molar-refractivity contribution is -0.146. The summed E-state index contributed by atoms with van der Waals surface area (Å²) in [6.45, 7) is 3.51. The first kappa shape index (κ1) is 20.4. The zero-order valence-electron chi connectivity index (χ0n) is 13.3. The molecule has 0 aliphatic rings. The monoisotopic (exact) mass is 322 g/mol. The third-order valence-electron chi connectivity index (χ3n) is 3.41. The fraction of sp³-hybridized carbons (Fsp3) is 0.933. The van der Waals surface area contributed by atoms with Crippen molar-refractivity contribution in [3.63, 3.8) is 0 Å². The Morgan fingerprint density at radius 2 is 1.52 bits per heavy atom. The Kier molecular flexibility index (Phi) is 11.6. The van der Waals surface area contributed by atoms with Crippen LogP contribution < -0.4 is 0 Å². The van der Waals surface area contributed by atoms with Gasteiger partial charge in [0.05, 0.1) is 5.75 Å². The molecule has 0 rings (SSSR count). The van der Waals surface area contributed by atoms with E-state index in [0.717, 1.165) is 19.3 Å². The van der Waals surface area contributed by atoms with E-state index in [1.54, 1.807) is 0 Å². The van der Waals surface area contributed by atoms with Gasteiger partial charge in [0.15, 0.2) is 0 Å². The molecule has 0 saturated carbocycles. The molecule has 1 unspecified atom stereocenters. The molecule has 0 aromatic heterocycles. The van der Waals surface area contributed by atoms with E-state index in [1.807, 2.05) is 0 Å². The summed E-state index contributed by atoms with van der Waals surface area (Å²) in [5, 5.41) is 0. The molecule has 6 heteroatoms. The topological polar surface area (TPSA) is 80.7 Å². The summed E-state index contributed by atoms with van der Waals surface area (Å²) in [6.07, 6.45) is 9.88. The van der Waals surface area contributed by atoms with Crippen molar-refractivity contribution in [2.24, 2.45) is 0 Å². The lowest BCUT2D eigenvalue weighted by atomic mass is 10.0. The first-order valence-corrected chi connectivity index (χ1v) is 9.58. The van der Waals surface area contributed by atoms with Crippen LogP contribution in [0, 0.1) is 0 Å². The second kappa shape index (κ2) is 12.0. The average molecular weight is 322 g/mol. The highest BCUT2D eigenvalue weighted by atomic mass is 32.2. The van der Waals surface area contributed by atoms with Gasteiger partial charge in [-0.3, -0.25) is 9.35 Å². The summed E-state index contributed by atoms with van der Waals surface area (Å²) in [7, 11) is -3.99. The summed E-state index contributed by atoms with van der Waals surface area (Å²) in [5.74, 6) is -0.767. The van der Waals surface area contributed by atoms with Crippen LogP contribution in [-0.2, 0) is 19.6 Å². The average Bonchev–Trinajstić information content (AvgIpc) is 2.37. The molecule has 1 N–H and O–H groups in total. The molecule has 0 aliphatic carbocycles. The molecule has 0 heterocycles. The molecule has 0 radical (unpaired) electrons.